The lowest BCUT2D eigenvalue weighted by Gasteiger charge is -2.00. The third-order valence-electron chi connectivity index (χ3n) is 3.28. The van der Waals surface area contributed by atoms with Crippen LogP contribution >= 0.6 is 0 Å². The van der Waals surface area contributed by atoms with Crippen LogP contribution in [-0.2, 0) is 6.54 Å². The van der Waals surface area contributed by atoms with Crippen molar-refractivity contribution in [2.24, 2.45) is 0 Å². The zero-order valence-corrected chi connectivity index (χ0v) is 11.5. The number of aromatic nitrogens is 2. The van der Waals surface area contributed by atoms with Crippen LogP contribution in [0.1, 0.15) is 5.56 Å². The summed E-state index contributed by atoms with van der Waals surface area (Å²) in [6.07, 6.45) is 2.12. The van der Waals surface area contributed by atoms with E-state index >= 15 is 0 Å². The van der Waals surface area contributed by atoms with Crippen LogP contribution in [0.4, 0.5) is 0 Å². The molecule has 2 aromatic carbocycles. The number of para-hydroxylation sites is 1. The van der Waals surface area contributed by atoms with Gasteiger partial charge in [-0.15, -0.1) is 0 Å². The van der Waals surface area contributed by atoms with Gasteiger partial charge in [-0.1, -0.05) is 48.5 Å². The number of hydrogen-bond donors (Lipinski definition) is 1. The van der Waals surface area contributed by atoms with E-state index in [1.54, 1.807) is 0 Å². The zero-order valence-electron chi connectivity index (χ0n) is 11.5. The quantitative estimate of drug-likeness (QED) is 0.770. The van der Waals surface area contributed by atoms with Gasteiger partial charge in [0.15, 0.2) is 0 Å². The molecule has 0 aliphatic carbocycles. The smallest absolute Gasteiger partial charge is 0.105 e. The van der Waals surface area contributed by atoms with Crippen LogP contribution in [0, 0.1) is 0 Å². The second-order valence-corrected chi connectivity index (χ2v) is 4.76. The predicted octanol–water partition coefficient (Wildman–Crippen LogP) is 2.23. The van der Waals surface area contributed by atoms with Crippen molar-refractivity contribution in [2.75, 3.05) is 7.05 Å². The van der Waals surface area contributed by atoms with Crippen molar-refractivity contribution >= 4 is 0 Å². The van der Waals surface area contributed by atoms with E-state index in [1.807, 2.05) is 28.9 Å². The van der Waals surface area contributed by atoms with Crippen LogP contribution in [0.3, 0.4) is 0 Å². The third-order valence-corrected chi connectivity index (χ3v) is 3.28. The minimum absolute atomic E-state index is 0.928. The Morgan fingerprint density at radius 1 is 0.950 bits per heavy atom. The molecule has 0 saturated carbocycles. The summed E-state index contributed by atoms with van der Waals surface area (Å²) in [6, 6.07) is 20.6. The summed E-state index contributed by atoms with van der Waals surface area (Å²) in [4.78, 5) is 0. The summed E-state index contributed by atoms with van der Waals surface area (Å²) in [5.41, 5.74) is 4.57. The Balaban J connectivity index is 2.08. The van der Waals surface area contributed by atoms with Gasteiger partial charge < -0.3 is 5.32 Å². The van der Waals surface area contributed by atoms with Crippen LogP contribution < -0.4 is 5.32 Å². The molecule has 3 rings (SSSR count). The van der Waals surface area contributed by atoms with Crippen molar-refractivity contribution in [2.45, 2.75) is 6.54 Å². The maximum absolute atomic E-state index is 4.77. The third kappa shape index (κ3) is 2.49. The highest BCUT2D eigenvalue weighted by molar-refractivity contribution is 5.62. The van der Waals surface area contributed by atoms with Crippen LogP contribution in [0.25, 0.3) is 16.9 Å². The van der Waals surface area contributed by atoms with Crippen molar-refractivity contribution in [3.8, 4) is 16.9 Å². The number of quaternary nitrogens is 1. The van der Waals surface area contributed by atoms with Gasteiger partial charge in [0.2, 0.25) is 0 Å². The van der Waals surface area contributed by atoms with Crippen molar-refractivity contribution in [1.29, 1.82) is 0 Å². The van der Waals surface area contributed by atoms with Crippen molar-refractivity contribution in [3.63, 3.8) is 0 Å². The molecule has 0 unspecified atom stereocenters. The SMILES string of the molecule is C[NH2+]Cc1cn(-c2ccccc2)nc1-c1ccccc1. The molecule has 0 radical (unpaired) electrons. The average molecular weight is 264 g/mol. The Morgan fingerprint density at radius 3 is 2.25 bits per heavy atom. The predicted molar refractivity (Wildman–Crippen MR) is 80.6 cm³/mol. The summed E-state index contributed by atoms with van der Waals surface area (Å²) >= 11 is 0. The molecule has 0 bridgehead atoms. The average Bonchev–Trinajstić information content (AvgIpc) is 2.94. The highest BCUT2D eigenvalue weighted by atomic mass is 15.3. The summed E-state index contributed by atoms with van der Waals surface area (Å²) in [7, 11) is 2.08. The first-order valence-corrected chi connectivity index (χ1v) is 6.85. The van der Waals surface area contributed by atoms with E-state index in [4.69, 9.17) is 5.10 Å². The second kappa shape index (κ2) is 5.72. The van der Waals surface area contributed by atoms with Gasteiger partial charge in [0.25, 0.3) is 0 Å². The molecule has 3 nitrogen and oxygen atoms in total. The Morgan fingerprint density at radius 2 is 1.60 bits per heavy atom. The highest BCUT2D eigenvalue weighted by Gasteiger charge is 2.12. The molecule has 0 fully saturated rings. The van der Waals surface area contributed by atoms with Crippen molar-refractivity contribution in [3.05, 3.63) is 72.4 Å². The normalized spacial score (nSPS) is 10.7. The second-order valence-electron chi connectivity index (χ2n) is 4.76. The molecule has 0 saturated heterocycles. The number of rotatable bonds is 4. The monoisotopic (exact) mass is 264 g/mol. The fourth-order valence-electron chi connectivity index (χ4n) is 2.33. The van der Waals surface area contributed by atoms with E-state index in [-0.39, 0.29) is 0 Å². The number of nitrogens with zero attached hydrogens (tertiary/aromatic N) is 2. The molecule has 0 amide bonds. The lowest BCUT2D eigenvalue weighted by atomic mass is 10.1. The van der Waals surface area contributed by atoms with Gasteiger partial charge in [0.1, 0.15) is 12.2 Å². The van der Waals surface area contributed by atoms with Gasteiger partial charge in [-0.25, -0.2) is 4.68 Å². The first-order chi connectivity index (χ1) is 9.88. The van der Waals surface area contributed by atoms with Crippen LogP contribution in [-0.4, -0.2) is 16.8 Å². The molecule has 2 N–H and O–H groups in total. The lowest BCUT2D eigenvalue weighted by Crippen LogP contribution is -2.77. The van der Waals surface area contributed by atoms with Gasteiger partial charge in [0, 0.05) is 11.8 Å². The van der Waals surface area contributed by atoms with Crippen molar-refractivity contribution in [1.82, 2.24) is 9.78 Å². The standard InChI is InChI=1S/C17H17N3/c1-18-12-15-13-20(16-10-6-3-7-11-16)19-17(15)14-8-4-2-5-9-14/h2-11,13,18H,12H2,1H3/p+1. The maximum Gasteiger partial charge on any atom is 0.105 e. The highest BCUT2D eigenvalue weighted by Crippen LogP contribution is 2.22. The molecule has 3 aromatic rings. The Labute approximate surface area is 118 Å². The van der Waals surface area contributed by atoms with E-state index in [0.29, 0.717) is 0 Å². The fraction of sp³-hybridized carbons (Fsp3) is 0.118. The molecule has 1 aromatic heterocycles. The van der Waals surface area contributed by atoms with Crippen molar-refractivity contribution < 1.29 is 5.32 Å². The van der Waals surface area contributed by atoms with Gasteiger partial charge in [-0.3, -0.25) is 0 Å². The minimum Gasteiger partial charge on any atom is -0.345 e. The van der Waals surface area contributed by atoms with E-state index in [0.717, 1.165) is 17.9 Å². The van der Waals surface area contributed by atoms with E-state index in [1.165, 1.54) is 11.1 Å². The molecule has 1 heterocycles. The maximum atomic E-state index is 4.77. The van der Waals surface area contributed by atoms with Crippen LogP contribution in [0.5, 0.6) is 0 Å². The van der Waals surface area contributed by atoms with Crippen LogP contribution in [0.2, 0.25) is 0 Å². The molecule has 0 aliphatic rings. The van der Waals surface area contributed by atoms with E-state index in [9.17, 15) is 0 Å². The summed E-state index contributed by atoms with van der Waals surface area (Å²) in [5.74, 6) is 0. The molecule has 0 aliphatic heterocycles. The summed E-state index contributed by atoms with van der Waals surface area (Å²) in [5, 5.41) is 6.93. The molecule has 0 atom stereocenters. The van der Waals surface area contributed by atoms with Gasteiger partial charge in [-0.2, -0.15) is 5.10 Å². The number of benzene rings is 2. The lowest BCUT2D eigenvalue weighted by molar-refractivity contribution is -0.643. The molecule has 20 heavy (non-hydrogen) atoms. The molecule has 3 heteroatoms. The van der Waals surface area contributed by atoms with E-state index < -0.39 is 0 Å². The summed E-state index contributed by atoms with van der Waals surface area (Å²) in [6.45, 7) is 0.928. The van der Waals surface area contributed by atoms with Gasteiger partial charge >= 0.3 is 0 Å². The molecular formula is C17H18N3+. The van der Waals surface area contributed by atoms with Crippen LogP contribution in [0.15, 0.2) is 66.9 Å². The first-order valence-electron chi connectivity index (χ1n) is 6.85. The minimum atomic E-state index is 0.928. The number of hydrogen-bond acceptors (Lipinski definition) is 1. The van der Waals surface area contributed by atoms with Gasteiger partial charge in [0.05, 0.1) is 18.3 Å². The molecule has 100 valence electrons. The Hall–Kier alpha value is -2.39. The Bertz CT molecular complexity index is 672. The first kappa shape index (κ1) is 12.6. The largest absolute Gasteiger partial charge is 0.345 e. The van der Waals surface area contributed by atoms with Gasteiger partial charge in [-0.05, 0) is 12.1 Å². The number of nitrogens with two attached hydrogens (primary N) is 1. The summed E-state index contributed by atoms with van der Waals surface area (Å²) < 4.78 is 1.96. The van der Waals surface area contributed by atoms with E-state index in [2.05, 4.69) is 55.0 Å². The molecular weight excluding hydrogens is 246 g/mol. The topological polar surface area (TPSA) is 34.4 Å². The fourth-order valence-corrected chi connectivity index (χ4v) is 2.33. The molecule has 0 spiro atoms. The Kier molecular flexibility index (Phi) is 3.61. The zero-order chi connectivity index (χ0) is 13.8.